The van der Waals surface area contributed by atoms with Gasteiger partial charge in [-0.15, -0.1) is 0 Å². The molecule has 1 atom stereocenters. The Hall–Kier alpha value is -2.92. The van der Waals surface area contributed by atoms with Crippen molar-refractivity contribution in [3.8, 4) is 0 Å². The first-order valence-electron chi connectivity index (χ1n) is 9.26. The zero-order chi connectivity index (χ0) is 19.8. The summed E-state index contributed by atoms with van der Waals surface area (Å²) >= 11 is 1.53. The minimum atomic E-state index is -0.659. The van der Waals surface area contributed by atoms with E-state index in [-0.39, 0.29) is 18.4 Å². The molecule has 0 spiro atoms. The highest BCUT2D eigenvalue weighted by atomic mass is 32.1. The highest BCUT2D eigenvalue weighted by molar-refractivity contribution is 7.08. The van der Waals surface area contributed by atoms with E-state index >= 15 is 0 Å². The number of para-hydroxylation sites is 1. The van der Waals surface area contributed by atoms with Gasteiger partial charge in [0.05, 0.1) is 0 Å². The van der Waals surface area contributed by atoms with Gasteiger partial charge in [0.25, 0.3) is 5.91 Å². The number of piperazine rings is 1. The van der Waals surface area contributed by atoms with E-state index in [9.17, 15) is 9.59 Å². The van der Waals surface area contributed by atoms with E-state index in [2.05, 4.69) is 0 Å². The third-order valence-electron chi connectivity index (χ3n) is 5.20. The minimum Gasteiger partial charge on any atom is -0.301 e. The lowest BCUT2D eigenvalue weighted by molar-refractivity contribution is -0.128. The molecule has 5 heteroatoms. The summed E-state index contributed by atoms with van der Waals surface area (Å²) in [6.45, 7) is 6.01. The average molecular weight is 391 g/mol. The van der Waals surface area contributed by atoms with Crippen molar-refractivity contribution in [3.63, 3.8) is 0 Å². The van der Waals surface area contributed by atoms with Crippen LogP contribution in [0.15, 0.2) is 59.3 Å². The second kappa shape index (κ2) is 7.24. The molecule has 1 fully saturated rings. The molecule has 1 aliphatic rings. The van der Waals surface area contributed by atoms with Crippen molar-refractivity contribution < 1.29 is 9.59 Å². The summed E-state index contributed by atoms with van der Waals surface area (Å²) in [5, 5.41) is 3.90. The van der Waals surface area contributed by atoms with Gasteiger partial charge in [0.2, 0.25) is 5.91 Å². The Morgan fingerprint density at radius 2 is 1.71 bits per heavy atom. The maximum absolute atomic E-state index is 13.6. The minimum absolute atomic E-state index is 0.0393. The summed E-state index contributed by atoms with van der Waals surface area (Å²) in [7, 11) is 0. The van der Waals surface area contributed by atoms with E-state index in [0.717, 1.165) is 33.6 Å². The van der Waals surface area contributed by atoms with E-state index < -0.39 is 6.04 Å². The molecule has 0 radical (unpaired) electrons. The van der Waals surface area contributed by atoms with Gasteiger partial charge in [-0.3, -0.25) is 14.5 Å². The van der Waals surface area contributed by atoms with Gasteiger partial charge >= 0.3 is 0 Å². The largest absolute Gasteiger partial charge is 0.301 e. The number of benzene rings is 2. The molecule has 0 N–H and O–H groups in total. The zero-order valence-corrected chi connectivity index (χ0v) is 17.0. The van der Waals surface area contributed by atoms with Crippen LogP contribution in [0, 0.1) is 20.8 Å². The Bertz CT molecular complexity index is 1040. The Labute approximate surface area is 169 Å². The van der Waals surface area contributed by atoms with Crippen LogP contribution in [0.5, 0.6) is 0 Å². The van der Waals surface area contributed by atoms with Gasteiger partial charge < -0.3 is 4.90 Å². The van der Waals surface area contributed by atoms with Crippen LogP contribution in [0.3, 0.4) is 0 Å². The Morgan fingerprint density at radius 1 is 0.929 bits per heavy atom. The second-order valence-corrected chi connectivity index (χ2v) is 8.00. The number of thiophene rings is 1. The van der Waals surface area contributed by atoms with Crippen molar-refractivity contribution in [1.82, 2.24) is 0 Å². The number of carbonyl (C=O) groups is 2. The second-order valence-electron chi connectivity index (χ2n) is 7.22. The SMILES string of the molecule is Cc1ccc(N2C(=O)CN(c3ccccc3C)C(=O)[C@H]2c2ccsc2)c(C)c1. The zero-order valence-electron chi connectivity index (χ0n) is 16.2. The quantitative estimate of drug-likeness (QED) is 0.645. The summed E-state index contributed by atoms with van der Waals surface area (Å²) < 4.78 is 0. The van der Waals surface area contributed by atoms with Crippen molar-refractivity contribution >= 4 is 34.5 Å². The summed E-state index contributed by atoms with van der Waals surface area (Å²) in [6.07, 6.45) is 0. The fourth-order valence-corrected chi connectivity index (χ4v) is 4.51. The Morgan fingerprint density at radius 3 is 2.39 bits per heavy atom. The number of anilines is 2. The van der Waals surface area contributed by atoms with Crippen molar-refractivity contribution in [1.29, 1.82) is 0 Å². The molecule has 0 unspecified atom stereocenters. The van der Waals surface area contributed by atoms with Crippen LogP contribution in [0.2, 0.25) is 0 Å². The molecule has 2 amide bonds. The number of aryl methyl sites for hydroxylation is 3. The number of nitrogens with zero attached hydrogens (tertiary/aromatic N) is 2. The maximum atomic E-state index is 13.6. The van der Waals surface area contributed by atoms with Crippen molar-refractivity contribution in [2.45, 2.75) is 26.8 Å². The number of carbonyl (C=O) groups excluding carboxylic acids is 2. The molecular weight excluding hydrogens is 368 g/mol. The lowest BCUT2D eigenvalue weighted by atomic mass is 9.99. The van der Waals surface area contributed by atoms with Gasteiger partial charge in [-0.25, -0.2) is 0 Å². The fraction of sp³-hybridized carbons (Fsp3) is 0.217. The smallest absolute Gasteiger partial charge is 0.255 e. The molecule has 4 rings (SSSR count). The first-order valence-corrected chi connectivity index (χ1v) is 10.2. The molecule has 1 aliphatic heterocycles. The third-order valence-corrected chi connectivity index (χ3v) is 5.90. The molecule has 2 heterocycles. The van der Waals surface area contributed by atoms with E-state index in [0.29, 0.717) is 0 Å². The van der Waals surface area contributed by atoms with E-state index in [1.807, 2.05) is 80.1 Å². The topological polar surface area (TPSA) is 40.6 Å². The average Bonchev–Trinajstić information content (AvgIpc) is 3.18. The molecule has 1 aromatic heterocycles. The van der Waals surface area contributed by atoms with Crippen LogP contribution < -0.4 is 9.80 Å². The number of amides is 2. The lowest BCUT2D eigenvalue weighted by Crippen LogP contribution is -2.56. The van der Waals surface area contributed by atoms with Gasteiger partial charge in [0, 0.05) is 11.4 Å². The molecule has 2 aromatic carbocycles. The molecular formula is C23H22N2O2S. The van der Waals surface area contributed by atoms with Crippen LogP contribution in [0.4, 0.5) is 11.4 Å². The highest BCUT2D eigenvalue weighted by Crippen LogP contribution is 2.37. The van der Waals surface area contributed by atoms with Gasteiger partial charge in [0.1, 0.15) is 12.6 Å². The van der Waals surface area contributed by atoms with Crippen molar-refractivity contribution in [2.24, 2.45) is 0 Å². The predicted octanol–water partition coefficient (Wildman–Crippen LogP) is 4.79. The van der Waals surface area contributed by atoms with Crippen molar-refractivity contribution in [2.75, 3.05) is 16.3 Å². The summed E-state index contributed by atoms with van der Waals surface area (Å²) in [6, 6.07) is 14.9. The van der Waals surface area contributed by atoms with E-state index in [1.54, 1.807) is 9.80 Å². The Balaban J connectivity index is 1.83. The van der Waals surface area contributed by atoms with Gasteiger partial charge in [-0.05, 0) is 66.4 Å². The van der Waals surface area contributed by atoms with Crippen LogP contribution in [0.1, 0.15) is 28.3 Å². The monoisotopic (exact) mass is 390 g/mol. The summed E-state index contributed by atoms with van der Waals surface area (Å²) in [5.74, 6) is -0.154. The van der Waals surface area contributed by atoms with Gasteiger partial charge in [-0.2, -0.15) is 11.3 Å². The van der Waals surface area contributed by atoms with Gasteiger partial charge in [-0.1, -0.05) is 35.9 Å². The molecule has 3 aromatic rings. The number of hydrogen-bond acceptors (Lipinski definition) is 3. The first kappa shape index (κ1) is 18.4. The summed E-state index contributed by atoms with van der Waals surface area (Å²) in [5.41, 5.74) is 5.54. The number of rotatable bonds is 3. The molecule has 0 bridgehead atoms. The molecule has 0 saturated carbocycles. The predicted molar refractivity (Wildman–Crippen MR) is 114 cm³/mol. The molecule has 0 aliphatic carbocycles. The fourth-order valence-electron chi connectivity index (χ4n) is 3.83. The highest BCUT2D eigenvalue weighted by Gasteiger charge is 2.42. The first-order chi connectivity index (χ1) is 13.5. The molecule has 4 nitrogen and oxygen atoms in total. The third kappa shape index (κ3) is 3.12. The maximum Gasteiger partial charge on any atom is 0.255 e. The van der Waals surface area contributed by atoms with Crippen molar-refractivity contribution in [3.05, 3.63) is 81.5 Å². The van der Waals surface area contributed by atoms with Crippen LogP contribution in [-0.2, 0) is 9.59 Å². The summed E-state index contributed by atoms with van der Waals surface area (Å²) in [4.78, 5) is 30.2. The van der Waals surface area contributed by atoms with E-state index in [4.69, 9.17) is 0 Å². The Kier molecular flexibility index (Phi) is 4.77. The molecule has 28 heavy (non-hydrogen) atoms. The van der Waals surface area contributed by atoms with Crippen LogP contribution in [0.25, 0.3) is 0 Å². The standard InChI is InChI=1S/C23H22N2O2S/c1-15-8-9-20(17(3)12-15)25-21(26)13-24(19-7-5-4-6-16(19)2)23(27)22(25)18-10-11-28-14-18/h4-12,14,22H,13H2,1-3H3/t22-/m1/s1. The van der Waals surface area contributed by atoms with Crippen LogP contribution >= 0.6 is 11.3 Å². The van der Waals surface area contributed by atoms with E-state index in [1.165, 1.54) is 11.3 Å². The number of hydrogen-bond donors (Lipinski definition) is 0. The van der Waals surface area contributed by atoms with Gasteiger partial charge in [0.15, 0.2) is 0 Å². The molecule has 1 saturated heterocycles. The lowest BCUT2D eigenvalue weighted by Gasteiger charge is -2.41. The molecule has 142 valence electrons. The normalized spacial score (nSPS) is 17.3. The van der Waals surface area contributed by atoms with Crippen LogP contribution in [-0.4, -0.2) is 18.4 Å².